The average Bonchev–Trinajstić information content (AvgIpc) is 3.61. The number of anilines is 2. The van der Waals surface area contributed by atoms with E-state index in [2.05, 4.69) is 21.7 Å². The lowest BCUT2D eigenvalue weighted by atomic mass is 9.97. The smallest absolute Gasteiger partial charge is 0.292 e. The molecular formula is C29H25ClFN5O4. The van der Waals surface area contributed by atoms with Gasteiger partial charge in [-0.1, -0.05) is 18.6 Å². The van der Waals surface area contributed by atoms with E-state index in [4.69, 9.17) is 10.2 Å². The number of amides is 2. The summed E-state index contributed by atoms with van der Waals surface area (Å²) in [7, 11) is 0. The summed E-state index contributed by atoms with van der Waals surface area (Å²) in [5, 5.41) is 26.0. The number of carbonyl (C=O) groups excluding carboxylic acids is 2. The molecule has 2 atom stereocenters. The number of halogens is 2. The zero-order chi connectivity index (χ0) is 27.5. The van der Waals surface area contributed by atoms with E-state index in [1.165, 1.54) is 24.5 Å². The lowest BCUT2D eigenvalue weighted by Gasteiger charge is -2.17. The average molecular weight is 562 g/mol. The zero-order valence-electron chi connectivity index (χ0n) is 21.1. The van der Waals surface area contributed by atoms with Gasteiger partial charge in [-0.05, 0) is 60.9 Å². The molecule has 2 aromatic carbocycles. The highest BCUT2D eigenvalue weighted by Crippen LogP contribution is 2.37. The Kier molecular flexibility index (Phi) is 8.48. The van der Waals surface area contributed by atoms with Crippen LogP contribution in [0.4, 0.5) is 15.9 Å². The van der Waals surface area contributed by atoms with Crippen molar-refractivity contribution in [2.45, 2.75) is 25.3 Å². The van der Waals surface area contributed by atoms with Crippen molar-refractivity contribution in [3.63, 3.8) is 0 Å². The predicted octanol–water partition coefficient (Wildman–Crippen LogP) is 5.46. The highest BCUT2D eigenvalue weighted by molar-refractivity contribution is 6.03. The topological polar surface area (TPSA) is 154 Å². The van der Waals surface area contributed by atoms with Crippen LogP contribution in [0.2, 0.25) is 0 Å². The first-order chi connectivity index (χ1) is 18.8. The van der Waals surface area contributed by atoms with E-state index in [1.54, 1.807) is 36.4 Å². The molecule has 204 valence electrons. The maximum absolute atomic E-state index is 13.7. The lowest BCUT2D eigenvalue weighted by molar-refractivity contribution is -0.120. The van der Waals surface area contributed by atoms with Crippen LogP contribution < -0.4 is 16.4 Å². The summed E-state index contributed by atoms with van der Waals surface area (Å²) in [6.07, 6.45) is 3.75. The van der Waals surface area contributed by atoms with E-state index in [0.717, 1.165) is 25.3 Å². The molecule has 0 spiro atoms. The Bertz CT molecular complexity index is 1600. The summed E-state index contributed by atoms with van der Waals surface area (Å²) in [6.45, 7) is 0. The van der Waals surface area contributed by atoms with Gasteiger partial charge in [0, 0.05) is 28.9 Å². The van der Waals surface area contributed by atoms with Gasteiger partial charge < -0.3 is 25.9 Å². The Labute approximate surface area is 235 Å². The summed E-state index contributed by atoms with van der Waals surface area (Å²) in [6, 6.07) is 16.8. The maximum Gasteiger partial charge on any atom is 0.292 e. The zero-order valence-corrected chi connectivity index (χ0v) is 21.9. The number of nitriles is 1. The van der Waals surface area contributed by atoms with Gasteiger partial charge >= 0.3 is 0 Å². The van der Waals surface area contributed by atoms with Crippen LogP contribution in [0.5, 0.6) is 5.75 Å². The third-order valence-corrected chi connectivity index (χ3v) is 6.69. The van der Waals surface area contributed by atoms with Gasteiger partial charge in [-0.2, -0.15) is 5.26 Å². The fourth-order valence-electron chi connectivity index (χ4n) is 4.73. The number of phenolic OH excluding ortho intramolecular Hbond substituents is 1. The molecular weight excluding hydrogens is 537 g/mol. The number of nitrogens with zero attached hydrogens (tertiary/aromatic N) is 2. The standard InChI is InChI=1S/C29H24FN5O4.ClH/c30-17-9-10-20(25(36)13-17)24-14-21(22(15-31)27(34-24)35-29(38)26-8-3-11-39-26)16-4-1-5-18(12-16)33-28(37)19-6-2-7-23(19)32;/h1,3-5,8-14,19,23,36H,2,6-7,32H2,(H,33,37)(H,34,35,38);1H/t19-,23+;/m0./s1. The largest absolute Gasteiger partial charge is 0.507 e. The Morgan fingerprint density at radius 3 is 2.58 bits per heavy atom. The first-order valence-electron chi connectivity index (χ1n) is 12.3. The highest BCUT2D eigenvalue weighted by atomic mass is 35.5. The van der Waals surface area contributed by atoms with Gasteiger partial charge in [-0.15, -0.1) is 12.4 Å². The van der Waals surface area contributed by atoms with E-state index in [9.17, 15) is 24.3 Å². The summed E-state index contributed by atoms with van der Waals surface area (Å²) >= 11 is 0. The number of furan rings is 1. The van der Waals surface area contributed by atoms with E-state index in [-0.39, 0.29) is 64.4 Å². The third-order valence-electron chi connectivity index (χ3n) is 6.69. The van der Waals surface area contributed by atoms with Gasteiger partial charge in [-0.25, -0.2) is 9.37 Å². The molecule has 0 bridgehead atoms. The van der Waals surface area contributed by atoms with Gasteiger partial charge in [0.05, 0.1) is 17.9 Å². The van der Waals surface area contributed by atoms with Crippen molar-refractivity contribution in [2.24, 2.45) is 11.7 Å². The van der Waals surface area contributed by atoms with Crippen LogP contribution in [0.25, 0.3) is 22.4 Å². The summed E-state index contributed by atoms with van der Waals surface area (Å²) < 4.78 is 18.8. The number of nitrogens with two attached hydrogens (primary N) is 1. The molecule has 0 saturated heterocycles. The quantitative estimate of drug-likeness (QED) is 0.243. The molecule has 2 aromatic heterocycles. The number of hydrogen-bond donors (Lipinski definition) is 4. The van der Waals surface area contributed by atoms with Crippen molar-refractivity contribution < 1.29 is 23.5 Å². The summed E-state index contributed by atoms with van der Waals surface area (Å²) in [5.41, 5.74) is 7.92. The number of aromatic nitrogens is 1. The highest BCUT2D eigenvalue weighted by Gasteiger charge is 2.30. The van der Waals surface area contributed by atoms with E-state index in [1.807, 2.05) is 0 Å². The fourth-order valence-corrected chi connectivity index (χ4v) is 4.73. The second-order valence-corrected chi connectivity index (χ2v) is 9.25. The molecule has 2 heterocycles. The summed E-state index contributed by atoms with van der Waals surface area (Å²) in [5.74, 6) is -2.16. The molecule has 0 unspecified atom stereocenters. The van der Waals surface area contributed by atoms with Crippen molar-refractivity contribution in [1.29, 1.82) is 5.26 Å². The van der Waals surface area contributed by atoms with Crippen LogP contribution in [-0.4, -0.2) is 27.9 Å². The third kappa shape index (κ3) is 5.81. The number of nitrogens with one attached hydrogen (secondary N) is 2. The molecule has 0 radical (unpaired) electrons. The van der Waals surface area contributed by atoms with E-state index in [0.29, 0.717) is 16.8 Å². The van der Waals surface area contributed by atoms with Crippen LogP contribution >= 0.6 is 12.4 Å². The van der Waals surface area contributed by atoms with Crippen LogP contribution in [0, 0.1) is 23.1 Å². The SMILES string of the molecule is Cl.N#Cc1c(-c2cccc(NC(=O)[C@H]3CCC[C@H]3N)c2)cc(-c2ccc(F)cc2O)nc1NC(=O)c1ccco1. The van der Waals surface area contributed by atoms with Crippen molar-refractivity contribution in [1.82, 2.24) is 4.98 Å². The Morgan fingerprint density at radius 1 is 1.07 bits per heavy atom. The van der Waals surface area contributed by atoms with E-state index < -0.39 is 11.7 Å². The minimum atomic E-state index is -0.637. The fraction of sp³-hybridized carbons (Fsp3) is 0.172. The minimum absolute atomic E-state index is 0. The van der Waals surface area contributed by atoms with Crippen molar-refractivity contribution in [3.05, 3.63) is 84.1 Å². The second-order valence-electron chi connectivity index (χ2n) is 9.25. The van der Waals surface area contributed by atoms with E-state index >= 15 is 0 Å². The van der Waals surface area contributed by atoms with Crippen LogP contribution in [0.1, 0.15) is 35.4 Å². The molecule has 4 aromatic rings. The maximum atomic E-state index is 13.7. The lowest BCUT2D eigenvalue weighted by Crippen LogP contribution is -2.34. The summed E-state index contributed by atoms with van der Waals surface area (Å²) in [4.78, 5) is 30.0. The molecule has 40 heavy (non-hydrogen) atoms. The number of phenols is 1. The molecule has 1 saturated carbocycles. The number of rotatable bonds is 6. The van der Waals surface area contributed by atoms with Crippen molar-refractivity contribution in [2.75, 3.05) is 10.6 Å². The Hall–Kier alpha value is -4.72. The van der Waals surface area contributed by atoms with Crippen molar-refractivity contribution >= 4 is 35.7 Å². The minimum Gasteiger partial charge on any atom is -0.507 e. The molecule has 11 heteroatoms. The molecule has 1 fully saturated rings. The first-order valence-corrected chi connectivity index (χ1v) is 12.3. The number of hydrogen-bond acceptors (Lipinski definition) is 7. The Morgan fingerprint density at radius 2 is 1.90 bits per heavy atom. The normalized spacial score (nSPS) is 16.0. The van der Waals surface area contributed by atoms with Gasteiger partial charge in [-0.3, -0.25) is 9.59 Å². The van der Waals surface area contributed by atoms with Gasteiger partial charge in [0.25, 0.3) is 5.91 Å². The molecule has 1 aliphatic rings. The first kappa shape index (κ1) is 28.3. The van der Waals surface area contributed by atoms with Gasteiger partial charge in [0.1, 0.15) is 23.2 Å². The monoisotopic (exact) mass is 561 g/mol. The molecule has 1 aliphatic carbocycles. The van der Waals surface area contributed by atoms with Crippen LogP contribution in [-0.2, 0) is 4.79 Å². The van der Waals surface area contributed by atoms with Crippen LogP contribution in [0.15, 0.2) is 71.3 Å². The molecule has 0 aliphatic heterocycles. The van der Waals surface area contributed by atoms with Gasteiger partial charge in [0.2, 0.25) is 5.91 Å². The predicted molar refractivity (Wildman–Crippen MR) is 149 cm³/mol. The second kappa shape index (κ2) is 12.0. The molecule has 5 N–H and O–H groups in total. The number of aromatic hydroxyl groups is 1. The Balaban J connectivity index is 0.00000370. The molecule has 2 amide bonds. The molecule has 5 rings (SSSR count). The molecule has 9 nitrogen and oxygen atoms in total. The van der Waals surface area contributed by atoms with Crippen molar-refractivity contribution in [3.8, 4) is 34.2 Å². The number of pyridine rings is 1. The van der Waals surface area contributed by atoms with Gasteiger partial charge in [0.15, 0.2) is 11.6 Å². The van der Waals surface area contributed by atoms with Crippen LogP contribution in [0.3, 0.4) is 0 Å². The number of benzene rings is 2. The number of carbonyl (C=O) groups is 2.